The van der Waals surface area contributed by atoms with Crippen LogP contribution in [0.3, 0.4) is 0 Å². The van der Waals surface area contributed by atoms with Crippen molar-refractivity contribution < 1.29 is 4.79 Å². The minimum Gasteiger partial charge on any atom is -0.348 e. The summed E-state index contributed by atoms with van der Waals surface area (Å²) in [6, 6.07) is 6.07. The number of hydrogen-bond donors (Lipinski definition) is 2. The minimum absolute atomic E-state index is 0.149. The van der Waals surface area contributed by atoms with Crippen molar-refractivity contribution in [1.29, 1.82) is 0 Å². The van der Waals surface area contributed by atoms with Gasteiger partial charge in [-0.15, -0.1) is 0 Å². The maximum Gasteiger partial charge on any atom is 0.253 e. The fraction of sp³-hybridized carbons (Fsp3) is 0.552. The van der Waals surface area contributed by atoms with Crippen LogP contribution in [0.4, 0.5) is 0 Å². The second-order valence-electron chi connectivity index (χ2n) is 10.3. The number of aliphatic imine (C=N–C) groups is 1. The van der Waals surface area contributed by atoms with Gasteiger partial charge < -0.3 is 10.3 Å². The number of carbonyl (C=O) groups excluding carboxylic acids is 1. The van der Waals surface area contributed by atoms with Crippen LogP contribution in [0.2, 0.25) is 0 Å². The van der Waals surface area contributed by atoms with Crippen molar-refractivity contribution in [3.63, 3.8) is 0 Å². The average molecular weight is 464 g/mol. The van der Waals surface area contributed by atoms with Crippen molar-refractivity contribution in [2.45, 2.75) is 86.1 Å². The Bertz CT molecular complexity index is 1090. The quantitative estimate of drug-likeness (QED) is 0.448. The van der Waals surface area contributed by atoms with Crippen LogP contribution in [0, 0.1) is 32.6 Å². The van der Waals surface area contributed by atoms with Crippen molar-refractivity contribution in [3.05, 3.63) is 67.6 Å². The molecular weight excluding hydrogens is 422 g/mol. The summed E-state index contributed by atoms with van der Waals surface area (Å²) in [7, 11) is 0. The Morgan fingerprint density at radius 3 is 2.47 bits per heavy atom. The molecule has 0 aliphatic heterocycles. The molecule has 1 fully saturated rings. The third-order valence-corrected chi connectivity index (χ3v) is 7.39. The number of carbonyl (C=O) groups is 1. The standard InChI is InChI=1S/C29H41N3O2/c1-7-22(23-10-8-9-11-23)15-30-16-26-20(5)13-24(18(2)3)14-25(26)28(33)31-17-27-19(4)12-21(6)32-29(27)34/h12-14,16,18,22-23H,7-11,15,17H2,1-6H3,(H,31,33)(H,32,34). The maximum absolute atomic E-state index is 13.3. The van der Waals surface area contributed by atoms with E-state index in [0.717, 1.165) is 46.8 Å². The lowest BCUT2D eigenvalue weighted by molar-refractivity contribution is 0.0950. The molecule has 5 nitrogen and oxygen atoms in total. The number of nitrogens with one attached hydrogen (secondary N) is 2. The Hall–Kier alpha value is -2.69. The molecule has 1 aromatic carbocycles. The van der Waals surface area contributed by atoms with Crippen molar-refractivity contribution in [2.24, 2.45) is 16.8 Å². The predicted molar refractivity (Wildman–Crippen MR) is 141 cm³/mol. The first-order valence-corrected chi connectivity index (χ1v) is 12.8. The number of aromatic amines is 1. The van der Waals surface area contributed by atoms with Gasteiger partial charge in [0.05, 0.1) is 0 Å². The highest BCUT2D eigenvalue weighted by molar-refractivity contribution is 6.03. The van der Waals surface area contributed by atoms with E-state index in [2.05, 4.69) is 37.1 Å². The first kappa shape index (κ1) is 25.9. The zero-order valence-electron chi connectivity index (χ0n) is 21.8. The number of benzene rings is 1. The first-order chi connectivity index (χ1) is 16.2. The monoisotopic (exact) mass is 463 g/mol. The molecule has 1 saturated carbocycles. The summed E-state index contributed by atoms with van der Waals surface area (Å²) in [5, 5.41) is 2.98. The largest absolute Gasteiger partial charge is 0.348 e. The summed E-state index contributed by atoms with van der Waals surface area (Å²) in [5.74, 6) is 1.53. The zero-order valence-corrected chi connectivity index (χ0v) is 21.8. The van der Waals surface area contributed by atoms with Gasteiger partial charge in [-0.3, -0.25) is 14.6 Å². The Balaban J connectivity index is 1.84. The zero-order chi connectivity index (χ0) is 24.8. The van der Waals surface area contributed by atoms with Gasteiger partial charge >= 0.3 is 0 Å². The van der Waals surface area contributed by atoms with Crippen molar-refractivity contribution >= 4 is 12.1 Å². The summed E-state index contributed by atoms with van der Waals surface area (Å²) in [6.45, 7) is 13.3. The average Bonchev–Trinajstić information content (AvgIpc) is 3.31. The molecule has 1 heterocycles. The number of pyridine rings is 1. The molecule has 3 rings (SSSR count). The number of amides is 1. The van der Waals surface area contributed by atoms with Gasteiger partial charge in [0.25, 0.3) is 11.5 Å². The Morgan fingerprint density at radius 2 is 1.85 bits per heavy atom. The lowest BCUT2D eigenvalue weighted by Gasteiger charge is -2.20. The van der Waals surface area contributed by atoms with Gasteiger partial charge in [0.1, 0.15) is 0 Å². The lowest BCUT2D eigenvalue weighted by Crippen LogP contribution is -2.29. The molecule has 0 saturated heterocycles. The van der Waals surface area contributed by atoms with E-state index in [1.807, 2.05) is 39.1 Å². The molecule has 1 aliphatic carbocycles. The van der Waals surface area contributed by atoms with Crippen LogP contribution in [0.25, 0.3) is 0 Å². The van der Waals surface area contributed by atoms with Gasteiger partial charge in [0, 0.05) is 41.7 Å². The fourth-order valence-electron chi connectivity index (χ4n) is 5.20. The van der Waals surface area contributed by atoms with E-state index in [4.69, 9.17) is 4.99 Å². The predicted octanol–water partition coefficient (Wildman–Crippen LogP) is 5.99. The Labute approximate surface area is 204 Å². The number of rotatable bonds is 9. The number of aryl methyl sites for hydroxylation is 3. The summed E-state index contributed by atoms with van der Waals surface area (Å²) in [5.41, 5.74) is 5.82. The van der Waals surface area contributed by atoms with Crippen LogP contribution in [0.15, 0.2) is 28.0 Å². The molecule has 1 unspecified atom stereocenters. The Morgan fingerprint density at radius 1 is 1.15 bits per heavy atom. The van der Waals surface area contributed by atoms with Crippen LogP contribution in [-0.2, 0) is 6.54 Å². The summed E-state index contributed by atoms with van der Waals surface area (Å²) in [4.78, 5) is 33.4. The van der Waals surface area contributed by atoms with E-state index in [1.54, 1.807) is 0 Å². The van der Waals surface area contributed by atoms with Crippen molar-refractivity contribution in [3.8, 4) is 0 Å². The highest BCUT2D eigenvalue weighted by atomic mass is 16.1. The van der Waals surface area contributed by atoms with Crippen LogP contribution in [-0.4, -0.2) is 23.7 Å². The number of nitrogens with zero attached hydrogens (tertiary/aromatic N) is 1. The minimum atomic E-state index is -0.172. The molecule has 2 N–H and O–H groups in total. The molecule has 1 aliphatic rings. The van der Waals surface area contributed by atoms with Crippen molar-refractivity contribution in [2.75, 3.05) is 6.54 Å². The normalized spacial score (nSPS) is 15.4. The van der Waals surface area contributed by atoms with Crippen LogP contribution in [0.5, 0.6) is 0 Å². The fourth-order valence-corrected chi connectivity index (χ4v) is 5.20. The van der Waals surface area contributed by atoms with Crippen molar-refractivity contribution in [1.82, 2.24) is 10.3 Å². The summed E-state index contributed by atoms with van der Waals surface area (Å²) < 4.78 is 0. The first-order valence-electron chi connectivity index (χ1n) is 12.8. The van der Waals surface area contributed by atoms with E-state index in [-0.39, 0.29) is 18.0 Å². The molecule has 5 heteroatoms. The smallest absolute Gasteiger partial charge is 0.253 e. The molecule has 184 valence electrons. The molecular formula is C29H41N3O2. The molecule has 0 spiro atoms. The van der Waals surface area contributed by atoms with Crippen LogP contribution >= 0.6 is 0 Å². The van der Waals surface area contributed by atoms with E-state index in [1.165, 1.54) is 25.7 Å². The van der Waals surface area contributed by atoms with Crippen LogP contribution in [0.1, 0.15) is 103 Å². The molecule has 2 aromatic rings. The van der Waals surface area contributed by atoms with E-state index in [9.17, 15) is 9.59 Å². The highest BCUT2D eigenvalue weighted by Gasteiger charge is 2.23. The Kier molecular flexibility index (Phi) is 8.87. The summed E-state index contributed by atoms with van der Waals surface area (Å²) >= 11 is 0. The van der Waals surface area contributed by atoms with Gasteiger partial charge in [0.2, 0.25) is 0 Å². The third-order valence-electron chi connectivity index (χ3n) is 7.39. The molecule has 0 bridgehead atoms. The molecule has 1 atom stereocenters. The SMILES string of the molecule is CCC(CN=Cc1c(C)cc(C(C)C)cc1C(=O)NCc1c(C)cc(C)[nH]c1=O)C1CCCC1. The molecule has 1 aromatic heterocycles. The second-order valence-corrected chi connectivity index (χ2v) is 10.3. The third kappa shape index (κ3) is 6.25. The van der Waals surface area contributed by atoms with Gasteiger partial charge in [-0.2, -0.15) is 0 Å². The molecule has 1 amide bonds. The number of H-pyrrole nitrogens is 1. The molecule has 0 radical (unpaired) electrons. The maximum atomic E-state index is 13.3. The van der Waals surface area contributed by atoms with Crippen LogP contribution < -0.4 is 10.9 Å². The van der Waals surface area contributed by atoms with Gasteiger partial charge in [0.15, 0.2) is 0 Å². The van der Waals surface area contributed by atoms with E-state index >= 15 is 0 Å². The number of hydrogen-bond acceptors (Lipinski definition) is 3. The highest BCUT2D eigenvalue weighted by Crippen LogP contribution is 2.33. The van der Waals surface area contributed by atoms with Gasteiger partial charge in [-0.1, -0.05) is 58.9 Å². The number of aromatic nitrogens is 1. The van der Waals surface area contributed by atoms with E-state index in [0.29, 0.717) is 23.0 Å². The molecule has 34 heavy (non-hydrogen) atoms. The topological polar surface area (TPSA) is 74.3 Å². The van der Waals surface area contributed by atoms with Gasteiger partial charge in [-0.25, -0.2) is 0 Å². The van der Waals surface area contributed by atoms with E-state index < -0.39 is 0 Å². The van der Waals surface area contributed by atoms with Gasteiger partial charge in [-0.05, 0) is 67.3 Å². The second kappa shape index (κ2) is 11.6. The lowest BCUT2D eigenvalue weighted by atomic mass is 9.89. The summed E-state index contributed by atoms with van der Waals surface area (Å²) in [6.07, 6.45) is 8.37.